The molecule has 1 heterocycles. The number of carbonyl (C=O) groups excluding carboxylic acids is 1. The number of amides is 1. The van der Waals surface area contributed by atoms with Crippen LogP contribution in [-0.4, -0.2) is 38.3 Å². The standard InChI is InChI=1S/C16H22F2N2O3.ClH/c1-11(12-5-3-4-6-13(12)23-15(17)18)20-14(21)16(22-2)7-9-19-10-8-16;/h3-6,11,15,19H,7-10H2,1-2H3,(H,20,21);1H. The number of piperidine rings is 1. The van der Waals surface area contributed by atoms with E-state index in [1.807, 2.05) is 0 Å². The van der Waals surface area contributed by atoms with Crippen LogP contribution in [0.5, 0.6) is 5.75 Å². The van der Waals surface area contributed by atoms with Crippen molar-refractivity contribution < 1.29 is 23.0 Å². The zero-order valence-corrected chi connectivity index (χ0v) is 14.5. The minimum absolute atomic E-state index is 0. The van der Waals surface area contributed by atoms with E-state index in [1.54, 1.807) is 25.1 Å². The second-order valence-electron chi connectivity index (χ2n) is 5.56. The smallest absolute Gasteiger partial charge is 0.387 e. The molecule has 2 N–H and O–H groups in total. The summed E-state index contributed by atoms with van der Waals surface area (Å²) in [6.45, 7) is 0.214. The van der Waals surface area contributed by atoms with Gasteiger partial charge in [-0.1, -0.05) is 18.2 Å². The van der Waals surface area contributed by atoms with E-state index < -0.39 is 18.3 Å². The van der Waals surface area contributed by atoms with Crippen LogP contribution in [0, 0.1) is 0 Å². The van der Waals surface area contributed by atoms with Crippen molar-refractivity contribution in [3.05, 3.63) is 29.8 Å². The number of carbonyl (C=O) groups is 1. The third-order valence-electron chi connectivity index (χ3n) is 4.16. The van der Waals surface area contributed by atoms with Crippen LogP contribution in [0.25, 0.3) is 0 Å². The van der Waals surface area contributed by atoms with Gasteiger partial charge in [0.1, 0.15) is 11.4 Å². The van der Waals surface area contributed by atoms with Crippen LogP contribution in [0.1, 0.15) is 31.4 Å². The molecule has 0 bridgehead atoms. The molecular weight excluding hydrogens is 342 g/mol. The van der Waals surface area contributed by atoms with E-state index in [0.717, 1.165) is 0 Å². The Kier molecular flexibility index (Phi) is 7.86. The second kappa shape index (κ2) is 9.15. The van der Waals surface area contributed by atoms with Gasteiger partial charge in [-0.3, -0.25) is 4.79 Å². The maximum Gasteiger partial charge on any atom is 0.387 e. The number of ether oxygens (including phenoxy) is 2. The normalized spacial score (nSPS) is 17.7. The van der Waals surface area contributed by atoms with Crippen LogP contribution < -0.4 is 15.4 Å². The number of nitrogens with one attached hydrogen (secondary N) is 2. The Bertz CT molecular complexity index is 540. The Labute approximate surface area is 146 Å². The van der Waals surface area contributed by atoms with Crippen LogP contribution in [0.15, 0.2) is 24.3 Å². The first kappa shape index (κ1) is 20.6. The highest BCUT2D eigenvalue weighted by Gasteiger charge is 2.40. The van der Waals surface area contributed by atoms with Crippen molar-refractivity contribution in [2.24, 2.45) is 0 Å². The molecule has 1 aromatic rings. The Morgan fingerprint density at radius 3 is 2.50 bits per heavy atom. The fourth-order valence-corrected chi connectivity index (χ4v) is 2.80. The van der Waals surface area contributed by atoms with Gasteiger partial charge in [-0.05, 0) is 38.9 Å². The molecule has 1 saturated heterocycles. The van der Waals surface area contributed by atoms with Crippen LogP contribution >= 0.6 is 12.4 Å². The van der Waals surface area contributed by atoms with Crippen LogP contribution in [0.4, 0.5) is 8.78 Å². The van der Waals surface area contributed by atoms with Crippen molar-refractivity contribution in [1.82, 2.24) is 10.6 Å². The molecule has 5 nitrogen and oxygen atoms in total. The summed E-state index contributed by atoms with van der Waals surface area (Å²) in [4.78, 5) is 12.6. The lowest BCUT2D eigenvalue weighted by atomic mass is 9.90. The van der Waals surface area contributed by atoms with Gasteiger partial charge in [-0.25, -0.2) is 0 Å². The first-order valence-corrected chi connectivity index (χ1v) is 7.59. The molecule has 1 amide bonds. The van der Waals surface area contributed by atoms with Crippen LogP contribution in [-0.2, 0) is 9.53 Å². The third kappa shape index (κ3) is 4.78. The number of hydrogen-bond donors (Lipinski definition) is 2. The summed E-state index contributed by atoms with van der Waals surface area (Å²) < 4.78 is 35.0. The van der Waals surface area contributed by atoms with Gasteiger partial charge >= 0.3 is 6.61 Å². The summed E-state index contributed by atoms with van der Waals surface area (Å²) in [6.07, 6.45) is 1.13. The van der Waals surface area contributed by atoms with Gasteiger partial charge in [0.05, 0.1) is 6.04 Å². The molecule has 1 fully saturated rings. The maximum absolute atomic E-state index is 12.6. The van der Waals surface area contributed by atoms with Crippen molar-refractivity contribution >= 4 is 18.3 Å². The molecule has 0 aromatic heterocycles. The Morgan fingerprint density at radius 1 is 1.29 bits per heavy atom. The maximum atomic E-state index is 12.6. The molecule has 0 radical (unpaired) electrons. The molecule has 136 valence electrons. The number of benzene rings is 1. The zero-order valence-electron chi connectivity index (χ0n) is 13.7. The molecule has 0 aliphatic carbocycles. The van der Waals surface area contributed by atoms with Gasteiger partial charge < -0.3 is 20.1 Å². The number of halogens is 3. The van der Waals surface area contributed by atoms with Gasteiger partial charge in [-0.2, -0.15) is 8.78 Å². The largest absolute Gasteiger partial charge is 0.434 e. The SMILES string of the molecule is COC1(C(=O)NC(C)c2ccccc2OC(F)F)CCNCC1.Cl. The molecule has 24 heavy (non-hydrogen) atoms. The first-order chi connectivity index (χ1) is 11.0. The van der Waals surface area contributed by atoms with Crippen molar-refractivity contribution in [1.29, 1.82) is 0 Å². The van der Waals surface area contributed by atoms with Gasteiger partial charge in [0.2, 0.25) is 0 Å². The number of para-hydroxylation sites is 1. The van der Waals surface area contributed by atoms with E-state index >= 15 is 0 Å². The summed E-state index contributed by atoms with van der Waals surface area (Å²) >= 11 is 0. The van der Waals surface area contributed by atoms with Crippen molar-refractivity contribution in [3.8, 4) is 5.75 Å². The molecule has 1 aliphatic heterocycles. The van der Waals surface area contributed by atoms with E-state index in [2.05, 4.69) is 15.4 Å². The predicted octanol–water partition coefficient (Wildman–Crippen LogP) is 2.66. The Morgan fingerprint density at radius 2 is 1.92 bits per heavy atom. The van der Waals surface area contributed by atoms with Crippen molar-refractivity contribution in [3.63, 3.8) is 0 Å². The summed E-state index contributed by atoms with van der Waals surface area (Å²) in [6, 6.07) is 5.97. The van der Waals surface area contributed by atoms with E-state index in [0.29, 0.717) is 31.5 Å². The number of alkyl halides is 2. The molecule has 8 heteroatoms. The lowest BCUT2D eigenvalue weighted by Gasteiger charge is -2.35. The quantitative estimate of drug-likeness (QED) is 0.814. The molecule has 1 atom stereocenters. The fourth-order valence-electron chi connectivity index (χ4n) is 2.80. The molecule has 1 unspecified atom stereocenters. The summed E-state index contributed by atoms with van der Waals surface area (Å²) in [7, 11) is 1.52. The highest BCUT2D eigenvalue weighted by molar-refractivity contribution is 5.86. The van der Waals surface area contributed by atoms with Gasteiger partial charge in [0, 0.05) is 12.7 Å². The number of hydrogen-bond acceptors (Lipinski definition) is 4. The van der Waals surface area contributed by atoms with E-state index in [-0.39, 0.29) is 24.1 Å². The van der Waals surface area contributed by atoms with Gasteiger partial charge in [0.15, 0.2) is 0 Å². The third-order valence-corrected chi connectivity index (χ3v) is 4.16. The summed E-state index contributed by atoms with van der Waals surface area (Å²) in [5.41, 5.74) is -0.376. The molecule has 2 rings (SSSR count). The minimum atomic E-state index is -2.91. The first-order valence-electron chi connectivity index (χ1n) is 7.59. The molecule has 1 aliphatic rings. The fraction of sp³-hybridized carbons (Fsp3) is 0.562. The van der Waals surface area contributed by atoms with Crippen molar-refractivity contribution in [2.45, 2.75) is 38.0 Å². The van der Waals surface area contributed by atoms with E-state index in [1.165, 1.54) is 13.2 Å². The highest BCUT2D eigenvalue weighted by Crippen LogP contribution is 2.28. The average Bonchev–Trinajstić information content (AvgIpc) is 2.55. The topological polar surface area (TPSA) is 59.6 Å². The zero-order chi connectivity index (χ0) is 16.9. The average molecular weight is 365 g/mol. The number of rotatable bonds is 6. The highest BCUT2D eigenvalue weighted by atomic mass is 35.5. The van der Waals surface area contributed by atoms with E-state index in [4.69, 9.17) is 4.74 Å². The van der Waals surface area contributed by atoms with Crippen LogP contribution in [0.2, 0.25) is 0 Å². The molecule has 1 aromatic carbocycles. The summed E-state index contributed by atoms with van der Waals surface area (Å²) in [5.74, 6) is -0.173. The molecular formula is C16H23ClF2N2O3. The second-order valence-corrected chi connectivity index (χ2v) is 5.56. The monoisotopic (exact) mass is 364 g/mol. The summed E-state index contributed by atoms with van der Waals surface area (Å²) in [5, 5.41) is 6.04. The predicted molar refractivity (Wildman–Crippen MR) is 88.7 cm³/mol. The van der Waals surface area contributed by atoms with Crippen molar-refractivity contribution in [2.75, 3.05) is 20.2 Å². The Hall–Kier alpha value is -1.44. The van der Waals surface area contributed by atoms with Gasteiger partial charge in [0.25, 0.3) is 5.91 Å². The molecule has 0 spiro atoms. The molecule has 0 saturated carbocycles. The lowest BCUT2D eigenvalue weighted by molar-refractivity contribution is -0.147. The van der Waals surface area contributed by atoms with Crippen LogP contribution in [0.3, 0.4) is 0 Å². The number of methoxy groups -OCH3 is 1. The van der Waals surface area contributed by atoms with E-state index in [9.17, 15) is 13.6 Å². The van der Waals surface area contributed by atoms with Gasteiger partial charge in [-0.15, -0.1) is 12.4 Å². The Balaban J connectivity index is 0.00000288. The minimum Gasteiger partial charge on any atom is -0.434 e. The lowest BCUT2D eigenvalue weighted by Crippen LogP contribution is -2.54.